The number of carbonyl (C=O) groups excluding carboxylic acids is 1. The van der Waals surface area contributed by atoms with E-state index in [9.17, 15) is 4.79 Å². The van der Waals surface area contributed by atoms with E-state index in [2.05, 4.69) is 12.2 Å². The molecule has 0 aliphatic heterocycles. The summed E-state index contributed by atoms with van der Waals surface area (Å²) in [6.45, 7) is 4.01. The zero-order valence-electron chi connectivity index (χ0n) is 7.73. The SMILES string of the molecule is CCC1(CNCCC(N)=O)CC1. The highest BCUT2D eigenvalue weighted by Gasteiger charge is 2.39. The summed E-state index contributed by atoms with van der Waals surface area (Å²) < 4.78 is 0. The molecule has 1 saturated carbocycles. The van der Waals surface area contributed by atoms with E-state index in [0.29, 0.717) is 11.8 Å². The lowest BCUT2D eigenvalue weighted by Crippen LogP contribution is -2.27. The number of hydrogen-bond acceptors (Lipinski definition) is 2. The predicted molar refractivity (Wildman–Crippen MR) is 48.6 cm³/mol. The normalized spacial score (nSPS) is 19.1. The van der Waals surface area contributed by atoms with Gasteiger partial charge in [0.1, 0.15) is 0 Å². The molecule has 70 valence electrons. The molecule has 1 fully saturated rings. The highest BCUT2D eigenvalue weighted by Crippen LogP contribution is 2.47. The molecule has 3 N–H and O–H groups in total. The first kappa shape index (κ1) is 9.52. The Morgan fingerprint density at radius 1 is 1.58 bits per heavy atom. The molecule has 1 amide bonds. The highest BCUT2D eigenvalue weighted by atomic mass is 16.1. The minimum atomic E-state index is -0.219. The van der Waals surface area contributed by atoms with Gasteiger partial charge >= 0.3 is 0 Å². The van der Waals surface area contributed by atoms with Crippen molar-refractivity contribution in [2.24, 2.45) is 11.1 Å². The molecule has 0 spiro atoms. The molecule has 0 atom stereocenters. The Morgan fingerprint density at radius 2 is 2.25 bits per heavy atom. The van der Waals surface area contributed by atoms with Crippen LogP contribution in [0.5, 0.6) is 0 Å². The third-order valence-electron chi connectivity index (χ3n) is 2.76. The Bertz CT molecular complexity index is 164. The minimum Gasteiger partial charge on any atom is -0.370 e. The van der Waals surface area contributed by atoms with E-state index in [4.69, 9.17) is 5.73 Å². The van der Waals surface area contributed by atoms with Crippen LogP contribution in [0, 0.1) is 5.41 Å². The van der Waals surface area contributed by atoms with E-state index >= 15 is 0 Å². The molecule has 1 aliphatic carbocycles. The molecule has 1 rings (SSSR count). The van der Waals surface area contributed by atoms with E-state index in [1.807, 2.05) is 0 Å². The summed E-state index contributed by atoms with van der Waals surface area (Å²) in [6.07, 6.45) is 4.39. The third-order valence-corrected chi connectivity index (χ3v) is 2.76. The van der Waals surface area contributed by atoms with E-state index in [-0.39, 0.29) is 5.91 Å². The number of nitrogens with one attached hydrogen (secondary N) is 1. The van der Waals surface area contributed by atoms with Gasteiger partial charge in [-0.05, 0) is 24.7 Å². The van der Waals surface area contributed by atoms with Crippen molar-refractivity contribution in [3.63, 3.8) is 0 Å². The quantitative estimate of drug-likeness (QED) is 0.575. The van der Waals surface area contributed by atoms with E-state index in [1.54, 1.807) is 0 Å². The van der Waals surface area contributed by atoms with Crippen LogP contribution in [0.15, 0.2) is 0 Å². The molecule has 0 aromatic rings. The van der Waals surface area contributed by atoms with Crippen LogP contribution in [-0.4, -0.2) is 19.0 Å². The van der Waals surface area contributed by atoms with E-state index in [1.165, 1.54) is 19.3 Å². The molecular weight excluding hydrogens is 152 g/mol. The lowest BCUT2D eigenvalue weighted by molar-refractivity contribution is -0.117. The minimum absolute atomic E-state index is 0.219. The van der Waals surface area contributed by atoms with Gasteiger partial charge in [0.2, 0.25) is 5.91 Å². The molecule has 0 saturated heterocycles. The van der Waals surface area contributed by atoms with Gasteiger partial charge < -0.3 is 11.1 Å². The lowest BCUT2D eigenvalue weighted by atomic mass is 10.0. The fourth-order valence-corrected chi connectivity index (χ4v) is 1.40. The smallest absolute Gasteiger partial charge is 0.218 e. The van der Waals surface area contributed by atoms with Crippen LogP contribution >= 0.6 is 0 Å². The number of nitrogens with two attached hydrogens (primary N) is 1. The molecule has 3 nitrogen and oxygen atoms in total. The second-order valence-electron chi connectivity index (χ2n) is 3.75. The first-order valence-electron chi connectivity index (χ1n) is 4.67. The molecule has 0 aromatic heterocycles. The van der Waals surface area contributed by atoms with Crippen LogP contribution < -0.4 is 11.1 Å². The molecule has 0 heterocycles. The van der Waals surface area contributed by atoms with Crippen LogP contribution in [0.2, 0.25) is 0 Å². The maximum absolute atomic E-state index is 10.4. The van der Waals surface area contributed by atoms with Crippen molar-refractivity contribution >= 4 is 5.91 Å². The standard InChI is InChI=1S/C9H18N2O/c1-2-9(4-5-9)7-11-6-3-8(10)12/h11H,2-7H2,1H3,(H2,10,12). The van der Waals surface area contributed by atoms with Crippen molar-refractivity contribution in [1.82, 2.24) is 5.32 Å². The van der Waals surface area contributed by atoms with Crippen molar-refractivity contribution in [1.29, 1.82) is 0 Å². The molecule has 0 bridgehead atoms. The first-order valence-corrected chi connectivity index (χ1v) is 4.67. The molecule has 1 aliphatic rings. The second-order valence-corrected chi connectivity index (χ2v) is 3.75. The Morgan fingerprint density at radius 3 is 2.67 bits per heavy atom. The Kier molecular flexibility index (Phi) is 3.09. The molecule has 0 radical (unpaired) electrons. The van der Waals surface area contributed by atoms with Gasteiger partial charge in [-0.2, -0.15) is 0 Å². The summed E-state index contributed by atoms with van der Waals surface area (Å²) in [7, 11) is 0. The van der Waals surface area contributed by atoms with Crippen molar-refractivity contribution < 1.29 is 4.79 Å². The van der Waals surface area contributed by atoms with Gasteiger partial charge in [-0.3, -0.25) is 4.79 Å². The largest absolute Gasteiger partial charge is 0.370 e. The fourth-order valence-electron chi connectivity index (χ4n) is 1.40. The number of amides is 1. The van der Waals surface area contributed by atoms with Gasteiger partial charge in [0, 0.05) is 19.5 Å². The van der Waals surface area contributed by atoms with Crippen LogP contribution in [0.3, 0.4) is 0 Å². The van der Waals surface area contributed by atoms with Crippen LogP contribution in [0.1, 0.15) is 32.6 Å². The van der Waals surface area contributed by atoms with Crippen LogP contribution in [0.4, 0.5) is 0 Å². The zero-order valence-corrected chi connectivity index (χ0v) is 7.73. The van der Waals surface area contributed by atoms with Crippen LogP contribution in [0.25, 0.3) is 0 Å². The van der Waals surface area contributed by atoms with E-state index < -0.39 is 0 Å². The number of primary amides is 1. The summed E-state index contributed by atoms with van der Waals surface area (Å²) in [6, 6.07) is 0. The Balaban J connectivity index is 1.99. The van der Waals surface area contributed by atoms with Crippen molar-refractivity contribution in [3.8, 4) is 0 Å². The van der Waals surface area contributed by atoms with Crippen molar-refractivity contribution in [2.75, 3.05) is 13.1 Å². The zero-order chi connectivity index (χ0) is 9.03. The van der Waals surface area contributed by atoms with E-state index in [0.717, 1.165) is 13.1 Å². The van der Waals surface area contributed by atoms with Gasteiger partial charge in [0.25, 0.3) is 0 Å². The third kappa shape index (κ3) is 2.81. The summed E-state index contributed by atoms with van der Waals surface area (Å²) >= 11 is 0. The Labute approximate surface area is 73.7 Å². The average Bonchev–Trinajstić information content (AvgIpc) is 2.79. The fraction of sp³-hybridized carbons (Fsp3) is 0.889. The highest BCUT2D eigenvalue weighted by molar-refractivity contribution is 5.73. The monoisotopic (exact) mass is 170 g/mol. The van der Waals surface area contributed by atoms with Crippen molar-refractivity contribution in [2.45, 2.75) is 32.6 Å². The van der Waals surface area contributed by atoms with Crippen LogP contribution in [-0.2, 0) is 4.79 Å². The summed E-state index contributed by atoms with van der Waals surface area (Å²) in [4.78, 5) is 10.4. The predicted octanol–water partition coefficient (Wildman–Crippen LogP) is 0.642. The maximum Gasteiger partial charge on any atom is 0.218 e. The number of carbonyl (C=O) groups is 1. The maximum atomic E-state index is 10.4. The van der Waals surface area contributed by atoms with Gasteiger partial charge in [-0.15, -0.1) is 0 Å². The van der Waals surface area contributed by atoms with Gasteiger partial charge in [-0.25, -0.2) is 0 Å². The average molecular weight is 170 g/mol. The van der Waals surface area contributed by atoms with Gasteiger partial charge in [0.05, 0.1) is 0 Å². The topological polar surface area (TPSA) is 55.1 Å². The second kappa shape index (κ2) is 3.90. The van der Waals surface area contributed by atoms with Gasteiger partial charge in [0.15, 0.2) is 0 Å². The molecule has 0 unspecified atom stereocenters. The molecule has 12 heavy (non-hydrogen) atoms. The summed E-state index contributed by atoms with van der Waals surface area (Å²) in [5.74, 6) is -0.219. The van der Waals surface area contributed by atoms with Gasteiger partial charge in [-0.1, -0.05) is 6.92 Å². The summed E-state index contributed by atoms with van der Waals surface area (Å²) in [5, 5.41) is 3.27. The Hall–Kier alpha value is -0.570. The summed E-state index contributed by atoms with van der Waals surface area (Å²) in [5.41, 5.74) is 5.58. The lowest BCUT2D eigenvalue weighted by Gasteiger charge is -2.12. The first-order chi connectivity index (χ1) is 5.68. The number of rotatable bonds is 6. The molecule has 0 aromatic carbocycles. The van der Waals surface area contributed by atoms with Crippen molar-refractivity contribution in [3.05, 3.63) is 0 Å². The molecule has 3 heteroatoms. The molecular formula is C9H18N2O. The number of hydrogen-bond donors (Lipinski definition) is 2.